The summed E-state index contributed by atoms with van der Waals surface area (Å²) in [5.41, 5.74) is 7.43. The highest BCUT2D eigenvalue weighted by Gasteiger charge is 2.06. The van der Waals surface area contributed by atoms with Crippen molar-refractivity contribution in [2.45, 2.75) is 32.4 Å². The largest absolute Gasteiger partial charge is 0.328 e. The molecule has 20 heavy (non-hydrogen) atoms. The highest BCUT2D eigenvalue weighted by atomic mass is 16.1. The molecule has 0 aliphatic carbocycles. The fourth-order valence-electron chi connectivity index (χ4n) is 1.77. The first-order valence-electron chi connectivity index (χ1n) is 6.60. The lowest BCUT2D eigenvalue weighted by Gasteiger charge is -2.04. The van der Waals surface area contributed by atoms with E-state index in [-0.39, 0.29) is 11.9 Å². The van der Waals surface area contributed by atoms with Gasteiger partial charge in [0.05, 0.1) is 18.4 Å². The maximum atomic E-state index is 11.7. The van der Waals surface area contributed by atoms with Crippen LogP contribution in [0.2, 0.25) is 0 Å². The molecule has 1 atom stereocenters. The number of anilines is 1. The van der Waals surface area contributed by atoms with Crippen molar-refractivity contribution < 1.29 is 4.79 Å². The number of rotatable bonds is 6. The number of hydrogen-bond acceptors (Lipinski definition) is 4. The number of hydrogen-bond donors (Lipinski definition) is 2. The zero-order chi connectivity index (χ0) is 14.4. The second-order valence-corrected chi connectivity index (χ2v) is 4.85. The minimum Gasteiger partial charge on any atom is -0.328 e. The molecule has 0 aromatic carbocycles. The van der Waals surface area contributed by atoms with Crippen LogP contribution in [-0.4, -0.2) is 26.7 Å². The monoisotopic (exact) mass is 273 g/mol. The molecular weight excluding hydrogens is 254 g/mol. The summed E-state index contributed by atoms with van der Waals surface area (Å²) in [5.74, 6) is -0.0363. The summed E-state index contributed by atoms with van der Waals surface area (Å²) in [6, 6.07) is 3.90. The first-order valence-corrected chi connectivity index (χ1v) is 6.60. The van der Waals surface area contributed by atoms with E-state index in [1.54, 1.807) is 23.3 Å². The Bertz CT molecular complexity index is 550. The molecule has 3 N–H and O–H groups in total. The predicted molar refractivity (Wildman–Crippen MR) is 77.1 cm³/mol. The normalized spacial score (nSPS) is 12.1. The third-order valence-corrected chi connectivity index (χ3v) is 2.84. The summed E-state index contributed by atoms with van der Waals surface area (Å²) in [5, 5.41) is 7.03. The summed E-state index contributed by atoms with van der Waals surface area (Å²) in [7, 11) is 0. The third kappa shape index (κ3) is 4.47. The third-order valence-electron chi connectivity index (χ3n) is 2.84. The lowest BCUT2D eigenvalue weighted by atomic mass is 10.2. The standard InChI is InChI=1S/C14H19N5O/c1-11(15)2-3-14(20)18-13-8-17-19(10-13)9-12-4-6-16-7-5-12/h4-8,10-11H,2-3,9,15H2,1H3,(H,18,20). The molecule has 0 fully saturated rings. The number of nitrogens with zero attached hydrogens (tertiary/aromatic N) is 3. The predicted octanol–water partition coefficient (Wildman–Crippen LogP) is 1.39. The van der Waals surface area contributed by atoms with Gasteiger partial charge in [-0.05, 0) is 31.0 Å². The van der Waals surface area contributed by atoms with Crippen molar-refractivity contribution in [3.63, 3.8) is 0 Å². The summed E-state index contributed by atoms with van der Waals surface area (Å²) in [6.45, 7) is 2.54. The molecule has 0 aliphatic heterocycles. The molecule has 0 spiro atoms. The molecule has 6 nitrogen and oxygen atoms in total. The van der Waals surface area contributed by atoms with Crippen molar-refractivity contribution in [1.82, 2.24) is 14.8 Å². The van der Waals surface area contributed by atoms with Crippen LogP contribution in [0.4, 0.5) is 5.69 Å². The van der Waals surface area contributed by atoms with E-state index in [0.717, 1.165) is 5.56 Å². The second kappa shape index (κ2) is 6.81. The van der Waals surface area contributed by atoms with E-state index in [9.17, 15) is 4.79 Å². The maximum Gasteiger partial charge on any atom is 0.224 e. The molecule has 0 saturated carbocycles. The van der Waals surface area contributed by atoms with Crippen LogP contribution in [0.15, 0.2) is 36.9 Å². The highest BCUT2D eigenvalue weighted by molar-refractivity contribution is 5.90. The van der Waals surface area contributed by atoms with Gasteiger partial charge in [0.15, 0.2) is 0 Å². The second-order valence-electron chi connectivity index (χ2n) is 4.85. The molecule has 0 saturated heterocycles. The first kappa shape index (κ1) is 14.2. The van der Waals surface area contributed by atoms with Crippen LogP contribution in [0, 0.1) is 0 Å². The van der Waals surface area contributed by atoms with Crippen LogP contribution in [0.1, 0.15) is 25.3 Å². The Morgan fingerprint density at radius 2 is 2.20 bits per heavy atom. The molecule has 0 radical (unpaired) electrons. The number of aromatic nitrogens is 3. The Balaban J connectivity index is 1.87. The Morgan fingerprint density at radius 3 is 2.90 bits per heavy atom. The van der Waals surface area contributed by atoms with Crippen LogP contribution in [0.25, 0.3) is 0 Å². The average Bonchev–Trinajstić information content (AvgIpc) is 2.85. The van der Waals surface area contributed by atoms with E-state index < -0.39 is 0 Å². The zero-order valence-corrected chi connectivity index (χ0v) is 11.5. The van der Waals surface area contributed by atoms with Gasteiger partial charge in [-0.3, -0.25) is 14.5 Å². The summed E-state index contributed by atoms with van der Waals surface area (Å²) < 4.78 is 1.77. The smallest absolute Gasteiger partial charge is 0.224 e. The van der Waals surface area contributed by atoms with Gasteiger partial charge in [-0.25, -0.2) is 0 Å². The van der Waals surface area contributed by atoms with Crippen LogP contribution >= 0.6 is 0 Å². The summed E-state index contributed by atoms with van der Waals surface area (Å²) in [4.78, 5) is 15.6. The van der Waals surface area contributed by atoms with Crippen molar-refractivity contribution in [1.29, 1.82) is 0 Å². The number of carbonyl (C=O) groups excluding carboxylic acids is 1. The quantitative estimate of drug-likeness (QED) is 0.832. The van der Waals surface area contributed by atoms with E-state index in [0.29, 0.717) is 25.1 Å². The fourth-order valence-corrected chi connectivity index (χ4v) is 1.77. The van der Waals surface area contributed by atoms with E-state index in [2.05, 4.69) is 15.4 Å². The molecule has 0 aliphatic rings. The molecule has 1 unspecified atom stereocenters. The Hall–Kier alpha value is -2.21. The van der Waals surface area contributed by atoms with E-state index >= 15 is 0 Å². The SMILES string of the molecule is CC(N)CCC(=O)Nc1cnn(Cc2ccncc2)c1. The number of pyridine rings is 1. The van der Waals surface area contributed by atoms with E-state index in [1.807, 2.05) is 25.3 Å². The average molecular weight is 273 g/mol. The molecule has 1 amide bonds. The Labute approximate surface area is 118 Å². The van der Waals surface area contributed by atoms with Gasteiger partial charge in [-0.1, -0.05) is 0 Å². The molecule has 0 bridgehead atoms. The van der Waals surface area contributed by atoms with Gasteiger partial charge in [0.1, 0.15) is 0 Å². The van der Waals surface area contributed by atoms with E-state index in [4.69, 9.17) is 5.73 Å². The van der Waals surface area contributed by atoms with Gasteiger partial charge in [-0.2, -0.15) is 5.10 Å². The minimum atomic E-state index is -0.0363. The van der Waals surface area contributed by atoms with Gasteiger partial charge < -0.3 is 11.1 Å². The van der Waals surface area contributed by atoms with Crippen LogP contribution in [0.3, 0.4) is 0 Å². The lowest BCUT2D eigenvalue weighted by molar-refractivity contribution is -0.116. The number of carbonyl (C=O) groups is 1. The summed E-state index contributed by atoms with van der Waals surface area (Å²) >= 11 is 0. The first-order chi connectivity index (χ1) is 9.63. The molecule has 106 valence electrons. The zero-order valence-electron chi connectivity index (χ0n) is 11.5. The minimum absolute atomic E-state index is 0.0363. The molecule has 2 aromatic heterocycles. The molecule has 2 heterocycles. The van der Waals surface area contributed by atoms with Crippen molar-refractivity contribution in [2.24, 2.45) is 5.73 Å². The highest BCUT2D eigenvalue weighted by Crippen LogP contribution is 2.08. The number of nitrogens with one attached hydrogen (secondary N) is 1. The topological polar surface area (TPSA) is 85.8 Å². The fraction of sp³-hybridized carbons (Fsp3) is 0.357. The summed E-state index contributed by atoms with van der Waals surface area (Å²) in [6.07, 6.45) is 8.05. The van der Waals surface area contributed by atoms with Gasteiger partial charge in [0.2, 0.25) is 5.91 Å². The van der Waals surface area contributed by atoms with Crippen molar-refractivity contribution in [2.75, 3.05) is 5.32 Å². The van der Waals surface area contributed by atoms with Gasteiger partial charge >= 0.3 is 0 Å². The van der Waals surface area contributed by atoms with Crippen molar-refractivity contribution in [3.8, 4) is 0 Å². The molecule has 2 aromatic rings. The molecule has 6 heteroatoms. The van der Waals surface area contributed by atoms with Crippen LogP contribution in [-0.2, 0) is 11.3 Å². The number of amides is 1. The maximum absolute atomic E-state index is 11.7. The Morgan fingerprint density at radius 1 is 1.45 bits per heavy atom. The molecular formula is C14H19N5O. The van der Waals surface area contributed by atoms with Crippen LogP contribution < -0.4 is 11.1 Å². The lowest BCUT2D eigenvalue weighted by Crippen LogP contribution is -2.19. The van der Waals surface area contributed by atoms with Gasteiger partial charge in [0, 0.05) is 31.1 Å². The number of nitrogens with two attached hydrogens (primary N) is 1. The van der Waals surface area contributed by atoms with Crippen molar-refractivity contribution >= 4 is 11.6 Å². The van der Waals surface area contributed by atoms with E-state index in [1.165, 1.54) is 0 Å². The Kier molecular flexibility index (Phi) is 4.84. The van der Waals surface area contributed by atoms with Gasteiger partial charge in [0.25, 0.3) is 0 Å². The van der Waals surface area contributed by atoms with Crippen molar-refractivity contribution in [3.05, 3.63) is 42.5 Å². The van der Waals surface area contributed by atoms with Crippen LogP contribution in [0.5, 0.6) is 0 Å². The van der Waals surface area contributed by atoms with Gasteiger partial charge in [-0.15, -0.1) is 0 Å². The molecule has 2 rings (SSSR count).